The number of benzene rings is 1. The average Bonchev–Trinajstić information content (AvgIpc) is 2.55. The van der Waals surface area contributed by atoms with Gasteiger partial charge < -0.3 is 10.1 Å². The summed E-state index contributed by atoms with van der Waals surface area (Å²) in [5.74, 6) is -0.165. The standard InChI is InChI=1S/C18H25NO3/c1-3-14-8-10-15(11-9-14)18(21)22-12-17(20)19-16-7-5-4-6-13(16)2/h8-11,13,16H,3-7,12H2,1-2H3,(H,19,20)/t13-,16+/m0/s1. The lowest BCUT2D eigenvalue weighted by molar-refractivity contribution is -0.125. The lowest BCUT2D eigenvalue weighted by Gasteiger charge is -2.29. The number of carbonyl (C=O) groups is 2. The van der Waals surface area contributed by atoms with Crippen molar-refractivity contribution in [1.82, 2.24) is 5.32 Å². The van der Waals surface area contributed by atoms with E-state index in [1.165, 1.54) is 12.0 Å². The summed E-state index contributed by atoms with van der Waals surface area (Å²) < 4.78 is 5.09. The first-order valence-corrected chi connectivity index (χ1v) is 8.15. The number of esters is 1. The van der Waals surface area contributed by atoms with Crippen molar-refractivity contribution in [2.75, 3.05) is 6.61 Å². The third kappa shape index (κ3) is 4.58. The van der Waals surface area contributed by atoms with E-state index in [1.807, 2.05) is 12.1 Å². The lowest BCUT2D eigenvalue weighted by Crippen LogP contribution is -2.42. The van der Waals surface area contributed by atoms with Crippen molar-refractivity contribution in [3.63, 3.8) is 0 Å². The normalized spacial score (nSPS) is 21.2. The predicted octanol–water partition coefficient (Wildman–Crippen LogP) is 3.10. The molecule has 0 heterocycles. The molecule has 0 aromatic heterocycles. The summed E-state index contributed by atoms with van der Waals surface area (Å²) >= 11 is 0. The molecule has 4 heteroatoms. The van der Waals surface area contributed by atoms with Crippen LogP contribution in [0.15, 0.2) is 24.3 Å². The van der Waals surface area contributed by atoms with Gasteiger partial charge in [-0.15, -0.1) is 0 Å². The molecule has 0 aliphatic heterocycles. The van der Waals surface area contributed by atoms with Gasteiger partial charge in [0.15, 0.2) is 6.61 Å². The van der Waals surface area contributed by atoms with E-state index < -0.39 is 5.97 Å². The molecular formula is C18H25NO3. The Bertz CT molecular complexity index is 510. The molecule has 0 spiro atoms. The maximum atomic E-state index is 11.9. The molecule has 1 aromatic rings. The summed E-state index contributed by atoms with van der Waals surface area (Å²) in [6.45, 7) is 4.01. The molecule has 1 amide bonds. The number of aryl methyl sites for hydroxylation is 1. The zero-order valence-corrected chi connectivity index (χ0v) is 13.4. The second kappa shape index (κ2) is 7.97. The Hall–Kier alpha value is -1.84. The van der Waals surface area contributed by atoms with Crippen molar-refractivity contribution in [1.29, 1.82) is 0 Å². The molecule has 120 valence electrons. The highest BCUT2D eigenvalue weighted by Crippen LogP contribution is 2.23. The van der Waals surface area contributed by atoms with Gasteiger partial charge in [0.2, 0.25) is 0 Å². The maximum absolute atomic E-state index is 11.9. The number of amides is 1. The molecule has 2 rings (SSSR count). The van der Waals surface area contributed by atoms with Crippen molar-refractivity contribution in [2.45, 2.75) is 52.0 Å². The minimum atomic E-state index is -0.450. The van der Waals surface area contributed by atoms with E-state index in [2.05, 4.69) is 19.2 Å². The van der Waals surface area contributed by atoms with Crippen LogP contribution in [0.25, 0.3) is 0 Å². The van der Waals surface area contributed by atoms with Gasteiger partial charge in [-0.1, -0.05) is 38.8 Å². The van der Waals surface area contributed by atoms with Crippen molar-refractivity contribution < 1.29 is 14.3 Å². The molecule has 1 N–H and O–H groups in total. The third-order valence-corrected chi connectivity index (χ3v) is 4.39. The molecule has 0 bridgehead atoms. The highest BCUT2D eigenvalue weighted by molar-refractivity contribution is 5.91. The molecule has 22 heavy (non-hydrogen) atoms. The minimum Gasteiger partial charge on any atom is -0.452 e. The van der Waals surface area contributed by atoms with Gasteiger partial charge in [0.1, 0.15) is 0 Å². The number of ether oxygens (including phenoxy) is 1. The van der Waals surface area contributed by atoms with Crippen LogP contribution >= 0.6 is 0 Å². The first-order chi connectivity index (χ1) is 10.6. The van der Waals surface area contributed by atoms with Crippen molar-refractivity contribution in [3.05, 3.63) is 35.4 Å². The summed E-state index contributed by atoms with van der Waals surface area (Å²) in [7, 11) is 0. The molecule has 1 aromatic carbocycles. The smallest absolute Gasteiger partial charge is 0.338 e. The number of hydrogen-bond donors (Lipinski definition) is 1. The van der Waals surface area contributed by atoms with E-state index in [0.717, 1.165) is 25.7 Å². The molecule has 4 nitrogen and oxygen atoms in total. The molecular weight excluding hydrogens is 278 g/mol. The van der Waals surface area contributed by atoms with Gasteiger partial charge in [-0.2, -0.15) is 0 Å². The van der Waals surface area contributed by atoms with Gasteiger partial charge in [-0.3, -0.25) is 4.79 Å². The first-order valence-electron chi connectivity index (χ1n) is 8.15. The van der Waals surface area contributed by atoms with Crippen LogP contribution in [0.1, 0.15) is 55.5 Å². The van der Waals surface area contributed by atoms with Gasteiger partial charge in [-0.05, 0) is 42.9 Å². The Kier molecular flexibility index (Phi) is 5.99. The summed E-state index contributed by atoms with van der Waals surface area (Å²) in [6, 6.07) is 7.49. The lowest BCUT2D eigenvalue weighted by atomic mass is 9.86. The van der Waals surface area contributed by atoms with Crippen LogP contribution < -0.4 is 5.32 Å². The zero-order valence-electron chi connectivity index (χ0n) is 13.4. The average molecular weight is 303 g/mol. The quantitative estimate of drug-likeness (QED) is 0.850. The Morgan fingerprint density at radius 1 is 1.18 bits per heavy atom. The second-order valence-electron chi connectivity index (χ2n) is 6.06. The number of hydrogen-bond acceptors (Lipinski definition) is 3. The topological polar surface area (TPSA) is 55.4 Å². The summed E-state index contributed by atoms with van der Waals surface area (Å²) in [5, 5.41) is 2.98. The Balaban J connectivity index is 1.78. The Morgan fingerprint density at radius 3 is 2.50 bits per heavy atom. The van der Waals surface area contributed by atoms with Gasteiger partial charge in [0.25, 0.3) is 5.91 Å². The van der Waals surface area contributed by atoms with Gasteiger partial charge in [0.05, 0.1) is 5.56 Å². The third-order valence-electron chi connectivity index (χ3n) is 4.39. The largest absolute Gasteiger partial charge is 0.452 e. The molecule has 0 radical (unpaired) electrons. The van der Waals surface area contributed by atoms with E-state index in [4.69, 9.17) is 4.74 Å². The van der Waals surface area contributed by atoms with Crippen LogP contribution in [0.2, 0.25) is 0 Å². The Labute approximate surface area is 132 Å². The minimum absolute atomic E-state index is 0.211. The Morgan fingerprint density at radius 2 is 1.86 bits per heavy atom. The van der Waals surface area contributed by atoms with Crippen molar-refractivity contribution in [2.24, 2.45) is 5.92 Å². The van der Waals surface area contributed by atoms with Crippen LogP contribution in [-0.4, -0.2) is 24.5 Å². The van der Waals surface area contributed by atoms with E-state index in [9.17, 15) is 9.59 Å². The van der Waals surface area contributed by atoms with E-state index in [0.29, 0.717) is 11.5 Å². The molecule has 0 unspecified atom stereocenters. The molecule has 1 aliphatic rings. The molecule has 1 saturated carbocycles. The highest BCUT2D eigenvalue weighted by atomic mass is 16.5. The zero-order chi connectivity index (χ0) is 15.9. The van der Waals surface area contributed by atoms with Gasteiger partial charge in [-0.25, -0.2) is 4.79 Å². The van der Waals surface area contributed by atoms with Crippen LogP contribution in [0.3, 0.4) is 0 Å². The number of rotatable bonds is 5. The SMILES string of the molecule is CCc1ccc(C(=O)OCC(=O)N[C@@H]2CCCC[C@@H]2C)cc1. The fourth-order valence-corrected chi connectivity index (χ4v) is 2.87. The van der Waals surface area contributed by atoms with Crippen LogP contribution in [0, 0.1) is 5.92 Å². The van der Waals surface area contributed by atoms with Crippen molar-refractivity contribution in [3.8, 4) is 0 Å². The highest BCUT2D eigenvalue weighted by Gasteiger charge is 2.23. The number of carbonyl (C=O) groups excluding carboxylic acids is 2. The van der Waals surface area contributed by atoms with E-state index in [1.54, 1.807) is 12.1 Å². The molecule has 1 fully saturated rings. The monoisotopic (exact) mass is 303 g/mol. The molecule has 0 saturated heterocycles. The van der Waals surface area contributed by atoms with Crippen LogP contribution in [-0.2, 0) is 16.0 Å². The second-order valence-corrected chi connectivity index (χ2v) is 6.06. The molecule has 1 aliphatic carbocycles. The molecule has 2 atom stereocenters. The van der Waals surface area contributed by atoms with Crippen LogP contribution in [0.4, 0.5) is 0 Å². The van der Waals surface area contributed by atoms with E-state index in [-0.39, 0.29) is 18.6 Å². The van der Waals surface area contributed by atoms with Crippen LogP contribution in [0.5, 0.6) is 0 Å². The van der Waals surface area contributed by atoms with Gasteiger partial charge >= 0.3 is 5.97 Å². The fourth-order valence-electron chi connectivity index (χ4n) is 2.87. The maximum Gasteiger partial charge on any atom is 0.338 e. The summed E-state index contributed by atoms with van der Waals surface area (Å²) in [6.07, 6.45) is 5.47. The first kappa shape index (κ1) is 16.5. The fraction of sp³-hybridized carbons (Fsp3) is 0.556. The van der Waals surface area contributed by atoms with E-state index >= 15 is 0 Å². The predicted molar refractivity (Wildman–Crippen MR) is 85.7 cm³/mol. The number of nitrogens with one attached hydrogen (secondary N) is 1. The summed E-state index contributed by atoms with van der Waals surface area (Å²) in [4.78, 5) is 23.8. The summed E-state index contributed by atoms with van der Waals surface area (Å²) in [5.41, 5.74) is 1.65. The van der Waals surface area contributed by atoms with Gasteiger partial charge in [0, 0.05) is 6.04 Å². The van der Waals surface area contributed by atoms with Crippen molar-refractivity contribution >= 4 is 11.9 Å².